The summed E-state index contributed by atoms with van der Waals surface area (Å²) in [5.41, 5.74) is 0.864. The molecule has 2 aromatic heterocycles. The van der Waals surface area contributed by atoms with Gasteiger partial charge in [0, 0.05) is 25.6 Å². The second-order valence-corrected chi connectivity index (χ2v) is 8.45. The molecule has 0 aromatic carbocycles. The zero-order chi connectivity index (χ0) is 19.9. The fraction of sp³-hybridized carbons (Fsp3) is 0.700. The molecule has 0 saturated carbocycles. The highest BCUT2D eigenvalue weighted by Crippen LogP contribution is 2.29. The van der Waals surface area contributed by atoms with E-state index in [0.717, 1.165) is 53.7 Å². The minimum atomic E-state index is 0.0925. The third kappa shape index (κ3) is 4.77. The van der Waals surface area contributed by atoms with Gasteiger partial charge in [-0.3, -0.25) is 4.79 Å². The van der Waals surface area contributed by atoms with Crippen LogP contribution < -0.4 is 10.2 Å². The molecule has 1 N–H and O–H groups in total. The third-order valence-corrected chi connectivity index (χ3v) is 6.09. The summed E-state index contributed by atoms with van der Waals surface area (Å²) in [4.78, 5) is 24.2. The van der Waals surface area contributed by atoms with Crippen molar-refractivity contribution in [2.75, 3.05) is 30.3 Å². The molecular weight excluding hydrogens is 372 g/mol. The summed E-state index contributed by atoms with van der Waals surface area (Å²) >= 11 is 1.66. The monoisotopic (exact) mass is 404 g/mol. The van der Waals surface area contributed by atoms with Crippen LogP contribution in [0.25, 0.3) is 11.0 Å². The lowest BCUT2D eigenvalue weighted by molar-refractivity contribution is -0.125. The molecule has 0 radical (unpaired) electrons. The van der Waals surface area contributed by atoms with Gasteiger partial charge in [-0.15, -0.1) is 0 Å². The molecule has 3 rings (SSSR count). The van der Waals surface area contributed by atoms with E-state index in [1.54, 1.807) is 11.8 Å². The molecule has 8 heteroatoms. The maximum Gasteiger partial charge on any atom is 0.223 e. The molecule has 3 heterocycles. The van der Waals surface area contributed by atoms with Gasteiger partial charge in [0.2, 0.25) is 5.91 Å². The predicted octanol–water partition coefficient (Wildman–Crippen LogP) is 3.48. The maximum absolute atomic E-state index is 12.2. The van der Waals surface area contributed by atoms with E-state index in [2.05, 4.69) is 36.1 Å². The molecule has 2 aromatic rings. The number of carbonyl (C=O) groups is 1. The topological polar surface area (TPSA) is 75.9 Å². The average molecular weight is 405 g/mol. The van der Waals surface area contributed by atoms with Gasteiger partial charge >= 0.3 is 0 Å². The van der Waals surface area contributed by atoms with Crippen molar-refractivity contribution < 1.29 is 4.79 Å². The number of rotatable bonds is 9. The van der Waals surface area contributed by atoms with Gasteiger partial charge in [-0.1, -0.05) is 32.5 Å². The molecule has 0 bridgehead atoms. The van der Waals surface area contributed by atoms with Crippen LogP contribution >= 0.6 is 11.8 Å². The quantitative estimate of drug-likeness (QED) is 0.509. The Morgan fingerprint density at radius 3 is 2.61 bits per heavy atom. The van der Waals surface area contributed by atoms with E-state index in [4.69, 9.17) is 9.97 Å². The Labute approximate surface area is 171 Å². The van der Waals surface area contributed by atoms with E-state index >= 15 is 0 Å². The molecule has 0 unspecified atom stereocenters. The first-order chi connectivity index (χ1) is 13.7. The van der Waals surface area contributed by atoms with Crippen molar-refractivity contribution in [2.24, 2.45) is 5.92 Å². The first-order valence-corrected chi connectivity index (χ1v) is 11.5. The number of nitrogens with zero attached hydrogens (tertiary/aromatic N) is 5. The SMILES string of the molecule is CCSc1nc(N2CCCCC2)c2cnn(CCNC(=O)C(CC)CC)c2n1. The molecule has 1 amide bonds. The summed E-state index contributed by atoms with van der Waals surface area (Å²) in [6.45, 7) is 9.48. The lowest BCUT2D eigenvalue weighted by atomic mass is 10.0. The smallest absolute Gasteiger partial charge is 0.223 e. The number of hydrogen-bond acceptors (Lipinski definition) is 6. The Kier molecular flexibility index (Phi) is 7.53. The van der Waals surface area contributed by atoms with Crippen molar-refractivity contribution in [1.82, 2.24) is 25.1 Å². The fourth-order valence-electron chi connectivity index (χ4n) is 3.71. The summed E-state index contributed by atoms with van der Waals surface area (Å²) in [6.07, 6.45) is 7.32. The molecule has 0 spiro atoms. The molecule has 1 aliphatic rings. The lowest BCUT2D eigenvalue weighted by Gasteiger charge is -2.28. The van der Waals surface area contributed by atoms with Crippen LogP contribution in [0, 0.1) is 5.92 Å². The second kappa shape index (κ2) is 10.1. The number of fused-ring (bicyclic) bond motifs is 1. The van der Waals surface area contributed by atoms with E-state index in [1.165, 1.54) is 19.3 Å². The van der Waals surface area contributed by atoms with Crippen molar-refractivity contribution >= 4 is 34.5 Å². The Morgan fingerprint density at radius 1 is 1.18 bits per heavy atom. The highest BCUT2D eigenvalue weighted by Gasteiger charge is 2.20. The van der Waals surface area contributed by atoms with Gasteiger partial charge in [0.25, 0.3) is 0 Å². The van der Waals surface area contributed by atoms with Crippen LogP contribution in [0.5, 0.6) is 0 Å². The number of aromatic nitrogens is 4. The van der Waals surface area contributed by atoms with E-state index in [0.29, 0.717) is 13.1 Å². The predicted molar refractivity (Wildman–Crippen MR) is 115 cm³/mol. The Balaban J connectivity index is 1.79. The normalized spacial score (nSPS) is 14.8. The number of anilines is 1. The molecule has 1 aliphatic heterocycles. The van der Waals surface area contributed by atoms with Gasteiger partial charge in [0.15, 0.2) is 10.8 Å². The number of hydrogen-bond donors (Lipinski definition) is 1. The molecule has 1 fully saturated rings. The molecule has 7 nitrogen and oxygen atoms in total. The third-order valence-electron chi connectivity index (χ3n) is 5.36. The average Bonchev–Trinajstić information content (AvgIpc) is 3.12. The summed E-state index contributed by atoms with van der Waals surface area (Å²) in [6, 6.07) is 0. The Morgan fingerprint density at radius 2 is 1.93 bits per heavy atom. The molecule has 0 atom stereocenters. The zero-order valence-corrected chi connectivity index (χ0v) is 18.1. The van der Waals surface area contributed by atoms with Crippen molar-refractivity contribution in [2.45, 2.75) is 64.6 Å². The summed E-state index contributed by atoms with van der Waals surface area (Å²) < 4.78 is 1.90. The van der Waals surface area contributed by atoms with Crippen LogP contribution in [0.1, 0.15) is 52.9 Å². The first-order valence-electron chi connectivity index (χ1n) is 10.6. The largest absolute Gasteiger partial charge is 0.356 e. The highest BCUT2D eigenvalue weighted by molar-refractivity contribution is 7.99. The van der Waals surface area contributed by atoms with Crippen LogP contribution in [0.4, 0.5) is 5.82 Å². The van der Waals surface area contributed by atoms with Crippen LogP contribution in [0.3, 0.4) is 0 Å². The van der Waals surface area contributed by atoms with E-state index < -0.39 is 0 Å². The van der Waals surface area contributed by atoms with Crippen molar-refractivity contribution in [3.63, 3.8) is 0 Å². The number of carbonyl (C=O) groups excluding carboxylic acids is 1. The van der Waals surface area contributed by atoms with Gasteiger partial charge in [-0.25, -0.2) is 14.6 Å². The van der Waals surface area contributed by atoms with Crippen LogP contribution in [0.2, 0.25) is 0 Å². The number of thioether (sulfide) groups is 1. The molecule has 28 heavy (non-hydrogen) atoms. The molecule has 154 valence electrons. The minimum Gasteiger partial charge on any atom is -0.356 e. The number of amides is 1. The van der Waals surface area contributed by atoms with Crippen LogP contribution in [-0.4, -0.2) is 51.0 Å². The van der Waals surface area contributed by atoms with Crippen molar-refractivity contribution in [3.8, 4) is 0 Å². The standard InChI is InChI=1S/C20H32N6OS/c1-4-15(5-2)19(27)21-10-13-26-18-16(14-22-26)17(23-20(24-18)28-6-3)25-11-8-7-9-12-25/h14-15H,4-13H2,1-3H3,(H,21,27). The van der Waals surface area contributed by atoms with Gasteiger partial charge in [-0.05, 0) is 37.9 Å². The van der Waals surface area contributed by atoms with Crippen LogP contribution in [0.15, 0.2) is 11.4 Å². The van der Waals surface area contributed by atoms with E-state index in [9.17, 15) is 4.79 Å². The van der Waals surface area contributed by atoms with Crippen molar-refractivity contribution in [3.05, 3.63) is 6.20 Å². The maximum atomic E-state index is 12.2. The number of piperidine rings is 1. The lowest BCUT2D eigenvalue weighted by Crippen LogP contribution is -2.32. The number of nitrogens with one attached hydrogen (secondary N) is 1. The van der Waals surface area contributed by atoms with E-state index in [-0.39, 0.29) is 11.8 Å². The van der Waals surface area contributed by atoms with Gasteiger partial charge in [0.05, 0.1) is 18.1 Å². The van der Waals surface area contributed by atoms with Crippen molar-refractivity contribution in [1.29, 1.82) is 0 Å². The summed E-state index contributed by atoms with van der Waals surface area (Å²) in [5, 5.41) is 9.42. The minimum absolute atomic E-state index is 0.0925. The highest BCUT2D eigenvalue weighted by atomic mass is 32.2. The summed E-state index contributed by atoms with van der Waals surface area (Å²) in [7, 11) is 0. The van der Waals surface area contributed by atoms with Crippen LogP contribution in [-0.2, 0) is 11.3 Å². The Bertz CT molecular complexity index is 782. The summed E-state index contributed by atoms with van der Waals surface area (Å²) in [5.74, 6) is 2.17. The van der Waals surface area contributed by atoms with Gasteiger partial charge < -0.3 is 10.2 Å². The zero-order valence-electron chi connectivity index (χ0n) is 17.3. The van der Waals surface area contributed by atoms with E-state index in [1.807, 2.05) is 10.9 Å². The second-order valence-electron chi connectivity index (χ2n) is 7.22. The first kappa shape index (κ1) is 20.9. The fourth-order valence-corrected chi connectivity index (χ4v) is 4.27. The van der Waals surface area contributed by atoms with Gasteiger partial charge in [-0.2, -0.15) is 5.10 Å². The van der Waals surface area contributed by atoms with Gasteiger partial charge in [0.1, 0.15) is 5.82 Å². The molecule has 1 saturated heterocycles. The molecule has 0 aliphatic carbocycles. The molecular formula is C20H32N6OS. The Hall–Kier alpha value is -1.83.